The maximum atomic E-state index is 11.0. The summed E-state index contributed by atoms with van der Waals surface area (Å²) in [6.07, 6.45) is 4.45. The Kier molecular flexibility index (Phi) is 4.05. The summed E-state index contributed by atoms with van der Waals surface area (Å²) >= 11 is 0. The molecule has 0 aromatic heterocycles. The van der Waals surface area contributed by atoms with Crippen molar-refractivity contribution in [3.05, 3.63) is 10.1 Å². The highest BCUT2D eigenvalue weighted by Gasteiger charge is 2.43. The normalized spacial score (nSPS) is 19.5. The van der Waals surface area contributed by atoms with E-state index in [-0.39, 0.29) is 17.5 Å². The molecule has 15 heavy (non-hydrogen) atoms. The van der Waals surface area contributed by atoms with Crippen molar-refractivity contribution in [1.82, 2.24) is 0 Å². The van der Waals surface area contributed by atoms with E-state index in [1.165, 1.54) is 6.92 Å². The molecular weight excluding hydrogens is 198 g/mol. The van der Waals surface area contributed by atoms with E-state index in [0.29, 0.717) is 19.3 Å². The first-order valence-corrected chi connectivity index (χ1v) is 5.35. The summed E-state index contributed by atoms with van der Waals surface area (Å²) in [5.41, 5.74) is -0.840. The first-order valence-electron chi connectivity index (χ1n) is 5.35. The SMILES string of the molecule is CC(=O)OCCC1([N+](=O)[O-])CCCCC1. The van der Waals surface area contributed by atoms with Gasteiger partial charge in [0.2, 0.25) is 5.54 Å². The van der Waals surface area contributed by atoms with Gasteiger partial charge in [0.1, 0.15) is 0 Å². The zero-order valence-corrected chi connectivity index (χ0v) is 9.03. The Morgan fingerprint density at radius 1 is 1.40 bits per heavy atom. The molecule has 0 atom stereocenters. The topological polar surface area (TPSA) is 69.4 Å². The van der Waals surface area contributed by atoms with Gasteiger partial charge >= 0.3 is 5.97 Å². The van der Waals surface area contributed by atoms with Gasteiger partial charge in [0, 0.05) is 24.7 Å². The molecule has 1 aliphatic carbocycles. The van der Waals surface area contributed by atoms with Crippen molar-refractivity contribution in [1.29, 1.82) is 0 Å². The minimum atomic E-state index is -0.840. The maximum Gasteiger partial charge on any atom is 0.302 e. The van der Waals surface area contributed by atoms with Gasteiger partial charge in [-0.3, -0.25) is 14.9 Å². The molecule has 0 N–H and O–H groups in total. The zero-order valence-electron chi connectivity index (χ0n) is 9.03. The highest BCUT2D eigenvalue weighted by molar-refractivity contribution is 5.65. The van der Waals surface area contributed by atoms with E-state index in [0.717, 1.165) is 19.3 Å². The standard InChI is InChI=1S/C10H17NO4/c1-9(12)15-8-7-10(11(13)14)5-3-2-4-6-10/h2-8H2,1H3. The van der Waals surface area contributed by atoms with Crippen molar-refractivity contribution < 1.29 is 14.5 Å². The largest absolute Gasteiger partial charge is 0.466 e. The van der Waals surface area contributed by atoms with Gasteiger partial charge in [0.15, 0.2) is 0 Å². The number of hydrogen-bond donors (Lipinski definition) is 0. The Morgan fingerprint density at radius 2 is 2.00 bits per heavy atom. The second kappa shape index (κ2) is 5.09. The molecule has 0 amide bonds. The van der Waals surface area contributed by atoms with Crippen molar-refractivity contribution in [2.75, 3.05) is 6.61 Å². The third kappa shape index (κ3) is 3.18. The van der Waals surface area contributed by atoms with Gasteiger partial charge in [-0.2, -0.15) is 0 Å². The molecule has 1 rings (SSSR count). The predicted octanol–water partition coefficient (Wildman–Crippen LogP) is 1.92. The van der Waals surface area contributed by atoms with Crippen LogP contribution >= 0.6 is 0 Å². The third-order valence-electron chi connectivity index (χ3n) is 3.04. The molecule has 0 saturated heterocycles. The average molecular weight is 215 g/mol. The fourth-order valence-electron chi connectivity index (χ4n) is 2.12. The smallest absolute Gasteiger partial charge is 0.302 e. The molecule has 0 heterocycles. The van der Waals surface area contributed by atoms with E-state index in [9.17, 15) is 14.9 Å². The fraction of sp³-hybridized carbons (Fsp3) is 0.900. The van der Waals surface area contributed by atoms with Gasteiger partial charge in [0.25, 0.3) is 0 Å². The summed E-state index contributed by atoms with van der Waals surface area (Å²) in [6, 6.07) is 0. The second-order valence-electron chi connectivity index (χ2n) is 4.13. The van der Waals surface area contributed by atoms with Gasteiger partial charge in [-0.25, -0.2) is 0 Å². The Bertz CT molecular complexity index is 246. The number of carbonyl (C=O) groups is 1. The average Bonchev–Trinajstić information content (AvgIpc) is 2.18. The van der Waals surface area contributed by atoms with E-state index in [1.807, 2.05) is 0 Å². The number of hydrogen-bond acceptors (Lipinski definition) is 4. The molecule has 1 aliphatic rings. The molecule has 0 unspecified atom stereocenters. The zero-order chi connectivity index (χ0) is 11.3. The van der Waals surface area contributed by atoms with Gasteiger partial charge in [0.05, 0.1) is 13.0 Å². The summed E-state index contributed by atoms with van der Waals surface area (Å²) in [6.45, 7) is 1.48. The summed E-state index contributed by atoms with van der Waals surface area (Å²) in [5, 5.41) is 11.0. The van der Waals surface area contributed by atoms with E-state index in [4.69, 9.17) is 4.74 Å². The first kappa shape index (κ1) is 11.9. The second-order valence-corrected chi connectivity index (χ2v) is 4.13. The lowest BCUT2D eigenvalue weighted by atomic mass is 9.80. The summed E-state index contributed by atoms with van der Waals surface area (Å²) < 4.78 is 4.78. The van der Waals surface area contributed by atoms with Crippen LogP contribution in [0.3, 0.4) is 0 Å². The Hall–Kier alpha value is -1.13. The molecule has 0 radical (unpaired) electrons. The fourth-order valence-corrected chi connectivity index (χ4v) is 2.12. The molecule has 0 aliphatic heterocycles. The number of nitrogens with zero attached hydrogens (tertiary/aromatic N) is 1. The van der Waals surface area contributed by atoms with Crippen LogP contribution < -0.4 is 0 Å². The van der Waals surface area contributed by atoms with Crippen LogP contribution in [0.15, 0.2) is 0 Å². The highest BCUT2D eigenvalue weighted by atomic mass is 16.6. The summed E-state index contributed by atoms with van der Waals surface area (Å²) in [5.74, 6) is -0.371. The van der Waals surface area contributed by atoms with Crippen LogP contribution in [0.2, 0.25) is 0 Å². The lowest BCUT2D eigenvalue weighted by Gasteiger charge is -2.28. The lowest BCUT2D eigenvalue weighted by Crippen LogP contribution is -2.41. The maximum absolute atomic E-state index is 11.0. The molecule has 1 fully saturated rings. The van der Waals surface area contributed by atoms with Crippen molar-refractivity contribution >= 4 is 5.97 Å². The molecule has 1 saturated carbocycles. The Balaban J connectivity index is 2.49. The summed E-state index contributed by atoms with van der Waals surface area (Å²) in [7, 11) is 0. The minimum Gasteiger partial charge on any atom is -0.466 e. The van der Waals surface area contributed by atoms with Crippen molar-refractivity contribution in [3.8, 4) is 0 Å². The molecular formula is C10H17NO4. The van der Waals surface area contributed by atoms with Crippen LogP contribution in [-0.2, 0) is 9.53 Å². The molecule has 0 aromatic rings. The van der Waals surface area contributed by atoms with E-state index in [1.54, 1.807) is 0 Å². The molecule has 5 heteroatoms. The number of nitro groups is 1. The predicted molar refractivity (Wildman–Crippen MR) is 54.1 cm³/mol. The monoisotopic (exact) mass is 215 g/mol. The van der Waals surface area contributed by atoms with Crippen molar-refractivity contribution in [3.63, 3.8) is 0 Å². The van der Waals surface area contributed by atoms with Crippen molar-refractivity contribution in [2.45, 2.75) is 51.0 Å². The Morgan fingerprint density at radius 3 is 2.47 bits per heavy atom. The number of ether oxygens (including phenoxy) is 1. The van der Waals surface area contributed by atoms with E-state index < -0.39 is 5.54 Å². The number of carbonyl (C=O) groups excluding carboxylic acids is 1. The van der Waals surface area contributed by atoms with Gasteiger partial charge in [-0.1, -0.05) is 6.42 Å². The van der Waals surface area contributed by atoms with Crippen molar-refractivity contribution in [2.24, 2.45) is 0 Å². The number of rotatable bonds is 4. The quantitative estimate of drug-likeness (QED) is 0.408. The highest BCUT2D eigenvalue weighted by Crippen LogP contribution is 2.33. The number of esters is 1. The Labute approximate surface area is 88.9 Å². The molecule has 0 spiro atoms. The van der Waals surface area contributed by atoms with Crippen LogP contribution in [0.25, 0.3) is 0 Å². The van der Waals surface area contributed by atoms with Crippen LogP contribution in [0.4, 0.5) is 0 Å². The molecule has 86 valence electrons. The minimum absolute atomic E-state index is 0.163. The van der Waals surface area contributed by atoms with Crippen LogP contribution in [0.5, 0.6) is 0 Å². The summed E-state index contributed by atoms with van der Waals surface area (Å²) in [4.78, 5) is 21.4. The van der Waals surface area contributed by atoms with Gasteiger partial charge in [-0.05, 0) is 12.8 Å². The first-order chi connectivity index (χ1) is 7.07. The molecule has 0 bridgehead atoms. The third-order valence-corrected chi connectivity index (χ3v) is 3.04. The molecule has 5 nitrogen and oxygen atoms in total. The lowest BCUT2D eigenvalue weighted by molar-refractivity contribution is -0.576. The van der Waals surface area contributed by atoms with Gasteiger partial charge < -0.3 is 4.74 Å². The van der Waals surface area contributed by atoms with E-state index >= 15 is 0 Å². The molecule has 0 aromatic carbocycles. The van der Waals surface area contributed by atoms with Crippen LogP contribution in [0, 0.1) is 10.1 Å². The van der Waals surface area contributed by atoms with Crippen LogP contribution in [0.1, 0.15) is 45.4 Å². The van der Waals surface area contributed by atoms with Gasteiger partial charge in [-0.15, -0.1) is 0 Å². The van der Waals surface area contributed by atoms with E-state index in [2.05, 4.69) is 0 Å². The van der Waals surface area contributed by atoms with Crippen LogP contribution in [-0.4, -0.2) is 23.0 Å².